The van der Waals surface area contributed by atoms with Gasteiger partial charge in [0.25, 0.3) is 27.7 Å². The van der Waals surface area contributed by atoms with Crippen LogP contribution in [-0.4, -0.2) is 68.5 Å². The van der Waals surface area contributed by atoms with Crippen LogP contribution in [0.15, 0.2) is 47.5 Å². The summed E-state index contributed by atoms with van der Waals surface area (Å²) in [5.74, 6) is -3.39. The average molecular weight is 478 g/mol. The van der Waals surface area contributed by atoms with Gasteiger partial charge in [-0.1, -0.05) is 0 Å². The van der Waals surface area contributed by atoms with Crippen molar-refractivity contribution in [1.29, 1.82) is 0 Å². The second-order valence-electron chi connectivity index (χ2n) is 6.42. The average Bonchev–Trinajstić information content (AvgIpc) is 2.80. The van der Waals surface area contributed by atoms with Crippen LogP contribution in [-0.2, 0) is 19.6 Å². The van der Waals surface area contributed by atoms with Crippen molar-refractivity contribution in [3.05, 3.63) is 59.4 Å². The normalized spacial score (nSPS) is 10.8. The molecule has 12 nitrogen and oxygen atoms in total. The molecule has 0 aliphatic carbocycles. The minimum Gasteiger partial charge on any atom is -0.480 e. The Hall–Kier alpha value is -3.84. The van der Waals surface area contributed by atoms with Crippen molar-refractivity contribution < 1.29 is 37.4 Å². The molecule has 0 radical (unpaired) electrons. The number of carbonyl (C=O) groups excluding carboxylic acids is 3. The van der Waals surface area contributed by atoms with Crippen molar-refractivity contribution in [3.63, 3.8) is 0 Å². The number of rotatable bonds is 11. The summed E-state index contributed by atoms with van der Waals surface area (Å²) in [7, 11) is -4.24. The van der Waals surface area contributed by atoms with Crippen molar-refractivity contribution >= 4 is 33.7 Å². The first kappa shape index (κ1) is 25.4. The van der Waals surface area contributed by atoms with E-state index in [-0.39, 0.29) is 21.7 Å². The number of nitrogens with one attached hydrogen (secondary N) is 3. The third-order valence-corrected chi connectivity index (χ3v) is 5.40. The molecule has 0 saturated heterocycles. The number of hydrogen-bond acceptors (Lipinski definition) is 8. The monoisotopic (exact) mass is 478 g/mol. The number of nitrogens with zero attached hydrogens (tertiary/aromatic N) is 1. The van der Waals surface area contributed by atoms with Crippen LogP contribution < -0.4 is 15.4 Å². The first-order valence-corrected chi connectivity index (χ1v) is 11.1. The Labute approximate surface area is 189 Å². The molecule has 0 spiro atoms. The van der Waals surface area contributed by atoms with Crippen molar-refractivity contribution in [2.24, 2.45) is 0 Å². The van der Waals surface area contributed by atoms with Gasteiger partial charge in [-0.05, 0) is 43.3 Å². The largest absolute Gasteiger partial charge is 0.480 e. The van der Waals surface area contributed by atoms with Crippen molar-refractivity contribution in [3.8, 4) is 0 Å². The zero-order valence-corrected chi connectivity index (χ0v) is 18.3. The molecule has 0 atom stereocenters. The van der Waals surface area contributed by atoms with E-state index in [1.54, 1.807) is 0 Å². The Morgan fingerprint density at radius 1 is 0.939 bits per heavy atom. The molecule has 2 rings (SSSR count). The Kier molecular flexibility index (Phi) is 9.00. The van der Waals surface area contributed by atoms with Crippen LogP contribution in [0.5, 0.6) is 0 Å². The Morgan fingerprint density at radius 3 is 2.18 bits per heavy atom. The highest BCUT2D eigenvalue weighted by atomic mass is 32.2. The van der Waals surface area contributed by atoms with E-state index in [2.05, 4.69) is 15.6 Å². The quantitative estimate of drug-likeness (QED) is 0.317. The standard InChI is InChI=1S/C20H22N4O8S/c1-2-32-10-9-21-18(27)13-3-6-15(7-4-13)33(30,31)24-19(28)14-5-8-16(22-11-14)20(29)23-12-17(25)26/h3-8,11H,2,9-10,12H2,1H3,(H,21,27)(H,23,29)(H,24,28)(H,25,26). The fraction of sp³-hybridized carbons (Fsp3) is 0.250. The number of ether oxygens (including phenoxy) is 1. The number of hydrogen-bond donors (Lipinski definition) is 4. The maximum atomic E-state index is 12.5. The first-order chi connectivity index (χ1) is 15.6. The van der Waals surface area contributed by atoms with Crippen LogP contribution in [0, 0.1) is 0 Å². The summed E-state index contributed by atoms with van der Waals surface area (Å²) in [4.78, 5) is 50.0. The van der Waals surface area contributed by atoms with E-state index in [9.17, 15) is 27.6 Å². The maximum absolute atomic E-state index is 12.5. The lowest BCUT2D eigenvalue weighted by molar-refractivity contribution is -0.135. The molecule has 0 fully saturated rings. The van der Waals surface area contributed by atoms with Gasteiger partial charge in [0.05, 0.1) is 17.1 Å². The summed E-state index contributed by atoms with van der Waals surface area (Å²) < 4.78 is 31.9. The van der Waals surface area contributed by atoms with Gasteiger partial charge in [0.2, 0.25) is 0 Å². The van der Waals surface area contributed by atoms with Crippen LogP contribution >= 0.6 is 0 Å². The second kappa shape index (κ2) is 11.7. The maximum Gasteiger partial charge on any atom is 0.322 e. The number of pyridine rings is 1. The van der Waals surface area contributed by atoms with Gasteiger partial charge in [0.1, 0.15) is 12.2 Å². The molecule has 1 heterocycles. The molecule has 0 aliphatic rings. The lowest BCUT2D eigenvalue weighted by atomic mass is 10.2. The van der Waals surface area contributed by atoms with E-state index in [0.29, 0.717) is 19.8 Å². The van der Waals surface area contributed by atoms with Gasteiger partial charge in [-0.2, -0.15) is 0 Å². The number of benzene rings is 1. The zero-order chi connectivity index (χ0) is 24.4. The van der Waals surface area contributed by atoms with Crippen LogP contribution in [0.3, 0.4) is 0 Å². The number of aromatic nitrogens is 1. The molecule has 4 N–H and O–H groups in total. The van der Waals surface area contributed by atoms with Crippen LogP contribution in [0.4, 0.5) is 0 Å². The van der Waals surface area contributed by atoms with Crippen molar-refractivity contribution in [1.82, 2.24) is 20.3 Å². The molecule has 0 aliphatic heterocycles. The first-order valence-electron chi connectivity index (χ1n) is 9.63. The van der Waals surface area contributed by atoms with E-state index in [1.165, 1.54) is 30.3 Å². The summed E-state index contributed by atoms with van der Waals surface area (Å²) >= 11 is 0. The summed E-state index contributed by atoms with van der Waals surface area (Å²) in [6, 6.07) is 7.30. The Bertz CT molecular complexity index is 1120. The minimum absolute atomic E-state index is 0.140. The minimum atomic E-state index is -4.24. The predicted molar refractivity (Wildman–Crippen MR) is 114 cm³/mol. The van der Waals surface area contributed by atoms with E-state index in [0.717, 1.165) is 12.3 Å². The second-order valence-corrected chi connectivity index (χ2v) is 8.10. The molecule has 1 aromatic heterocycles. The van der Waals surface area contributed by atoms with Gasteiger partial charge in [-0.3, -0.25) is 24.2 Å². The van der Waals surface area contributed by atoms with Crippen LogP contribution in [0.1, 0.15) is 38.1 Å². The molecule has 0 unspecified atom stereocenters. The molecule has 0 saturated carbocycles. The van der Waals surface area contributed by atoms with Gasteiger partial charge in [0, 0.05) is 24.9 Å². The van der Waals surface area contributed by atoms with Gasteiger partial charge in [-0.25, -0.2) is 13.1 Å². The van der Waals surface area contributed by atoms with Crippen LogP contribution in [0.2, 0.25) is 0 Å². The smallest absolute Gasteiger partial charge is 0.322 e. The molecule has 2 aromatic rings. The third-order valence-electron chi connectivity index (χ3n) is 4.05. The Balaban J connectivity index is 2.00. The molecule has 33 heavy (non-hydrogen) atoms. The SMILES string of the molecule is CCOCCNC(=O)c1ccc(S(=O)(=O)NC(=O)c2ccc(C(=O)NCC(=O)O)nc2)cc1. The van der Waals surface area contributed by atoms with Gasteiger partial charge < -0.3 is 20.5 Å². The number of carboxylic acids is 1. The lowest BCUT2D eigenvalue weighted by Gasteiger charge is -2.09. The highest BCUT2D eigenvalue weighted by Gasteiger charge is 2.20. The van der Waals surface area contributed by atoms with Gasteiger partial charge in [-0.15, -0.1) is 0 Å². The van der Waals surface area contributed by atoms with Gasteiger partial charge in [0.15, 0.2) is 0 Å². The number of sulfonamides is 1. The summed E-state index contributed by atoms with van der Waals surface area (Å²) in [5, 5.41) is 13.3. The highest BCUT2D eigenvalue weighted by molar-refractivity contribution is 7.90. The molecular formula is C20H22N4O8S. The molecular weight excluding hydrogens is 456 g/mol. The molecule has 13 heteroatoms. The zero-order valence-electron chi connectivity index (χ0n) is 17.5. The topological polar surface area (TPSA) is 181 Å². The van der Waals surface area contributed by atoms with E-state index < -0.39 is 40.3 Å². The molecule has 3 amide bonds. The fourth-order valence-electron chi connectivity index (χ4n) is 2.42. The van der Waals surface area contributed by atoms with E-state index in [1.807, 2.05) is 11.6 Å². The number of aliphatic carboxylic acids is 1. The highest BCUT2D eigenvalue weighted by Crippen LogP contribution is 2.12. The van der Waals surface area contributed by atoms with Crippen molar-refractivity contribution in [2.75, 3.05) is 26.3 Å². The number of carbonyl (C=O) groups is 4. The van der Waals surface area contributed by atoms with Gasteiger partial charge >= 0.3 is 5.97 Å². The third kappa shape index (κ3) is 7.66. The van der Waals surface area contributed by atoms with E-state index >= 15 is 0 Å². The van der Waals surface area contributed by atoms with Crippen LogP contribution in [0.25, 0.3) is 0 Å². The van der Waals surface area contributed by atoms with E-state index in [4.69, 9.17) is 9.84 Å². The number of carboxylic acid groups (broad SMARTS) is 1. The summed E-state index contributed by atoms with van der Waals surface area (Å²) in [6.45, 7) is 2.40. The molecule has 1 aromatic carbocycles. The fourth-order valence-corrected chi connectivity index (χ4v) is 3.39. The summed E-state index contributed by atoms with van der Waals surface area (Å²) in [5.41, 5.74) is -0.0535. The summed E-state index contributed by atoms with van der Waals surface area (Å²) in [6.07, 6.45) is 0.982. The number of amides is 3. The molecule has 176 valence electrons. The lowest BCUT2D eigenvalue weighted by Crippen LogP contribution is -2.32. The Morgan fingerprint density at radius 2 is 1.61 bits per heavy atom. The molecule has 0 bridgehead atoms. The predicted octanol–water partition coefficient (Wildman–Crippen LogP) is -0.219. The van der Waals surface area contributed by atoms with Crippen molar-refractivity contribution in [2.45, 2.75) is 11.8 Å².